The van der Waals surface area contributed by atoms with Crippen LogP contribution in [0.2, 0.25) is 0 Å². The van der Waals surface area contributed by atoms with Crippen LogP contribution in [0, 0.1) is 5.92 Å². The van der Waals surface area contributed by atoms with Crippen molar-refractivity contribution in [2.24, 2.45) is 11.8 Å². The van der Waals surface area contributed by atoms with Crippen LogP contribution in [0.15, 0.2) is 0 Å². The van der Waals surface area contributed by atoms with E-state index in [0.717, 1.165) is 6.42 Å². The fourth-order valence-electron chi connectivity index (χ4n) is 0.693. The quantitative estimate of drug-likeness (QED) is 0.344. The highest BCUT2D eigenvalue weighted by Crippen LogP contribution is 1.99. The molecule has 3 N–H and O–H groups in total. The summed E-state index contributed by atoms with van der Waals surface area (Å²) in [5.74, 6) is 4.98. The van der Waals surface area contributed by atoms with E-state index in [1.807, 2.05) is 5.59 Å². The number of nitrogens with two attached hydrogens (primary N) is 1. The van der Waals surface area contributed by atoms with Crippen LogP contribution in [0.1, 0.15) is 26.7 Å². The van der Waals surface area contributed by atoms with E-state index in [4.69, 9.17) is 10.6 Å². The zero-order valence-corrected chi connectivity index (χ0v) is 8.21. The monoisotopic (exact) mass is 190 g/mol. The number of carbonyl (C=O) groups is 1. The van der Waals surface area contributed by atoms with Gasteiger partial charge in [-0.15, -0.1) is 0 Å². The molecule has 0 aliphatic heterocycles. The van der Waals surface area contributed by atoms with Crippen LogP contribution in [0.4, 0.5) is 0 Å². The minimum atomic E-state index is -0.410. The SMILES string of the molecule is CC(C)CCOCCC(=O)ONN. The first-order chi connectivity index (χ1) is 6.16. The molecule has 0 aliphatic rings. The second-order valence-electron chi connectivity index (χ2n) is 3.14. The van der Waals surface area contributed by atoms with E-state index in [1.54, 1.807) is 0 Å². The van der Waals surface area contributed by atoms with Crippen molar-refractivity contribution in [3.63, 3.8) is 0 Å². The molecule has 0 saturated carbocycles. The van der Waals surface area contributed by atoms with E-state index in [1.165, 1.54) is 0 Å². The normalized spacial score (nSPS) is 10.5. The van der Waals surface area contributed by atoms with Crippen LogP contribution in [0.5, 0.6) is 0 Å². The lowest BCUT2D eigenvalue weighted by Gasteiger charge is -2.05. The minimum absolute atomic E-state index is 0.224. The van der Waals surface area contributed by atoms with Gasteiger partial charge in [-0.05, 0) is 12.3 Å². The summed E-state index contributed by atoms with van der Waals surface area (Å²) in [6.07, 6.45) is 1.23. The molecule has 0 saturated heterocycles. The van der Waals surface area contributed by atoms with Crippen LogP contribution in [0.25, 0.3) is 0 Å². The molecule has 0 fully saturated rings. The first-order valence-corrected chi connectivity index (χ1v) is 4.39. The Bertz CT molecular complexity index is 139. The average molecular weight is 190 g/mol. The van der Waals surface area contributed by atoms with Crippen molar-refractivity contribution < 1.29 is 14.4 Å². The number of hydrogen-bond donors (Lipinski definition) is 2. The van der Waals surface area contributed by atoms with Gasteiger partial charge in [0.2, 0.25) is 0 Å². The van der Waals surface area contributed by atoms with Crippen molar-refractivity contribution in [1.82, 2.24) is 5.59 Å². The molecule has 78 valence electrons. The maximum absolute atomic E-state index is 10.7. The van der Waals surface area contributed by atoms with Gasteiger partial charge in [-0.3, -0.25) is 4.79 Å². The van der Waals surface area contributed by atoms with Gasteiger partial charge >= 0.3 is 5.97 Å². The Morgan fingerprint density at radius 3 is 2.69 bits per heavy atom. The molecule has 0 rings (SSSR count). The number of carbonyl (C=O) groups excluding carboxylic acids is 1. The maximum atomic E-state index is 10.7. The van der Waals surface area contributed by atoms with Crippen molar-refractivity contribution >= 4 is 5.97 Å². The standard InChI is InChI=1S/C8H18N2O3/c1-7(2)3-5-12-6-4-8(11)13-10-9/h7,10H,3-6,9H2,1-2H3. The highest BCUT2D eigenvalue weighted by molar-refractivity contribution is 5.69. The predicted molar refractivity (Wildman–Crippen MR) is 48.3 cm³/mol. The molecular formula is C8H18N2O3. The Hall–Kier alpha value is -0.650. The van der Waals surface area contributed by atoms with Crippen LogP contribution < -0.4 is 11.4 Å². The Morgan fingerprint density at radius 2 is 2.15 bits per heavy atom. The van der Waals surface area contributed by atoms with E-state index in [9.17, 15) is 4.79 Å². The summed E-state index contributed by atoms with van der Waals surface area (Å²) < 4.78 is 5.19. The summed E-state index contributed by atoms with van der Waals surface area (Å²) in [4.78, 5) is 15.0. The molecule has 13 heavy (non-hydrogen) atoms. The number of nitrogens with one attached hydrogen (secondary N) is 1. The van der Waals surface area contributed by atoms with Gasteiger partial charge < -0.3 is 9.57 Å². The maximum Gasteiger partial charge on any atom is 0.328 e. The molecule has 0 atom stereocenters. The predicted octanol–water partition coefficient (Wildman–Crippen LogP) is 0.361. The molecule has 0 amide bonds. The van der Waals surface area contributed by atoms with Crippen LogP contribution in [-0.2, 0) is 14.4 Å². The smallest absolute Gasteiger partial charge is 0.328 e. The van der Waals surface area contributed by atoms with Crippen molar-refractivity contribution in [3.05, 3.63) is 0 Å². The molecule has 0 heterocycles. The summed E-state index contributed by atoms with van der Waals surface area (Å²) in [5.41, 5.74) is 1.82. The van der Waals surface area contributed by atoms with Gasteiger partial charge in [-0.2, -0.15) is 0 Å². The van der Waals surface area contributed by atoms with E-state index in [0.29, 0.717) is 19.1 Å². The number of hydrogen-bond acceptors (Lipinski definition) is 5. The minimum Gasteiger partial charge on any atom is -0.381 e. The number of ether oxygens (including phenoxy) is 1. The molecule has 0 radical (unpaired) electrons. The second-order valence-corrected chi connectivity index (χ2v) is 3.14. The van der Waals surface area contributed by atoms with Crippen LogP contribution >= 0.6 is 0 Å². The Balaban J connectivity index is 3.11. The zero-order chi connectivity index (χ0) is 10.1. The van der Waals surface area contributed by atoms with Gasteiger partial charge in [0.05, 0.1) is 13.0 Å². The molecule has 0 aromatic heterocycles. The molecular weight excluding hydrogens is 172 g/mol. The number of rotatable bonds is 7. The van der Waals surface area contributed by atoms with E-state index in [-0.39, 0.29) is 6.42 Å². The summed E-state index contributed by atoms with van der Waals surface area (Å²) in [6.45, 7) is 5.31. The molecule has 5 heteroatoms. The van der Waals surface area contributed by atoms with Gasteiger partial charge in [0.25, 0.3) is 0 Å². The van der Waals surface area contributed by atoms with Crippen molar-refractivity contribution in [1.29, 1.82) is 0 Å². The molecule has 0 aromatic carbocycles. The van der Waals surface area contributed by atoms with Gasteiger partial charge in [-0.1, -0.05) is 19.4 Å². The highest BCUT2D eigenvalue weighted by atomic mass is 16.7. The molecule has 0 unspecified atom stereocenters. The third kappa shape index (κ3) is 9.26. The number of hydrazine groups is 1. The molecule has 0 aromatic rings. The van der Waals surface area contributed by atoms with Crippen molar-refractivity contribution in [3.8, 4) is 0 Å². The van der Waals surface area contributed by atoms with E-state index < -0.39 is 5.97 Å². The van der Waals surface area contributed by atoms with Crippen LogP contribution in [-0.4, -0.2) is 19.2 Å². The van der Waals surface area contributed by atoms with Gasteiger partial charge in [-0.25, -0.2) is 5.84 Å². The Morgan fingerprint density at radius 1 is 1.46 bits per heavy atom. The molecule has 0 aliphatic carbocycles. The summed E-state index contributed by atoms with van der Waals surface area (Å²) in [5, 5.41) is 0. The first-order valence-electron chi connectivity index (χ1n) is 4.39. The lowest BCUT2D eigenvalue weighted by atomic mass is 10.1. The van der Waals surface area contributed by atoms with Crippen LogP contribution in [0.3, 0.4) is 0 Å². The van der Waals surface area contributed by atoms with E-state index >= 15 is 0 Å². The Kier molecular flexibility index (Phi) is 7.57. The summed E-state index contributed by atoms with van der Waals surface area (Å²) >= 11 is 0. The topological polar surface area (TPSA) is 73.6 Å². The van der Waals surface area contributed by atoms with Crippen molar-refractivity contribution in [2.75, 3.05) is 13.2 Å². The largest absolute Gasteiger partial charge is 0.381 e. The van der Waals surface area contributed by atoms with Gasteiger partial charge in [0.15, 0.2) is 0 Å². The third-order valence-electron chi connectivity index (χ3n) is 1.46. The van der Waals surface area contributed by atoms with Crippen molar-refractivity contribution in [2.45, 2.75) is 26.7 Å². The molecule has 0 bridgehead atoms. The fourth-order valence-corrected chi connectivity index (χ4v) is 0.693. The molecule has 5 nitrogen and oxygen atoms in total. The zero-order valence-electron chi connectivity index (χ0n) is 8.21. The second kappa shape index (κ2) is 7.97. The lowest BCUT2D eigenvalue weighted by Crippen LogP contribution is -2.26. The van der Waals surface area contributed by atoms with E-state index in [2.05, 4.69) is 18.7 Å². The fraction of sp³-hybridized carbons (Fsp3) is 0.875. The molecule has 0 spiro atoms. The summed E-state index contributed by atoms with van der Waals surface area (Å²) in [6, 6.07) is 0. The highest BCUT2D eigenvalue weighted by Gasteiger charge is 2.01. The van der Waals surface area contributed by atoms with Gasteiger partial charge in [0, 0.05) is 6.61 Å². The average Bonchev–Trinajstić information content (AvgIpc) is 2.03. The lowest BCUT2D eigenvalue weighted by molar-refractivity contribution is -0.152. The first kappa shape index (κ1) is 12.3. The third-order valence-corrected chi connectivity index (χ3v) is 1.46. The summed E-state index contributed by atoms with van der Waals surface area (Å²) in [7, 11) is 0. The van der Waals surface area contributed by atoms with Gasteiger partial charge in [0.1, 0.15) is 0 Å². The Labute approximate surface area is 78.5 Å².